The van der Waals surface area contributed by atoms with Gasteiger partial charge in [-0.05, 0) is 115 Å². The summed E-state index contributed by atoms with van der Waals surface area (Å²) < 4.78 is 2.68. The summed E-state index contributed by atoms with van der Waals surface area (Å²) in [4.78, 5) is 2.35. The monoisotopic (exact) mass is 653 g/mol. The Morgan fingerprint density at radius 1 is 0.300 bits per heavy atom. The van der Waals surface area contributed by atoms with Crippen LogP contribution >= 0.6 is 11.3 Å². The van der Waals surface area contributed by atoms with E-state index in [9.17, 15) is 0 Å². The van der Waals surface area contributed by atoms with Crippen LogP contribution in [0.1, 0.15) is 0 Å². The summed E-state index contributed by atoms with van der Waals surface area (Å²) in [6.07, 6.45) is 0. The third-order valence-corrected chi connectivity index (χ3v) is 11.1. The minimum absolute atomic E-state index is 1.12. The zero-order valence-electron chi connectivity index (χ0n) is 27.3. The number of para-hydroxylation sites is 1. The molecule has 1 aromatic heterocycles. The van der Waals surface area contributed by atoms with Crippen molar-refractivity contribution in [2.45, 2.75) is 0 Å². The van der Waals surface area contributed by atoms with E-state index >= 15 is 0 Å². The molecule has 234 valence electrons. The number of anilines is 3. The summed E-state index contributed by atoms with van der Waals surface area (Å²) in [5, 5.41) is 10.4. The van der Waals surface area contributed by atoms with E-state index in [0.717, 1.165) is 17.1 Å². The Morgan fingerprint density at radius 2 is 0.880 bits per heavy atom. The van der Waals surface area contributed by atoms with Gasteiger partial charge in [-0.25, -0.2) is 0 Å². The minimum atomic E-state index is 1.12. The van der Waals surface area contributed by atoms with Crippen molar-refractivity contribution in [1.29, 1.82) is 0 Å². The second-order valence-electron chi connectivity index (χ2n) is 13.0. The molecule has 0 unspecified atom stereocenters. The van der Waals surface area contributed by atoms with Gasteiger partial charge < -0.3 is 4.90 Å². The summed E-state index contributed by atoms with van der Waals surface area (Å²) in [5.41, 5.74) is 8.17. The lowest BCUT2D eigenvalue weighted by Crippen LogP contribution is -2.10. The summed E-state index contributed by atoms with van der Waals surface area (Å²) in [6, 6.07) is 68.6. The molecule has 0 amide bonds. The summed E-state index contributed by atoms with van der Waals surface area (Å²) in [5.74, 6) is 0. The van der Waals surface area contributed by atoms with Crippen molar-refractivity contribution >= 4 is 80.9 Å². The van der Waals surface area contributed by atoms with Crippen molar-refractivity contribution in [3.8, 4) is 22.3 Å². The maximum Gasteiger partial charge on any atom is 0.0467 e. The zero-order valence-corrected chi connectivity index (χ0v) is 28.1. The van der Waals surface area contributed by atoms with Crippen molar-refractivity contribution in [2.24, 2.45) is 0 Å². The number of benzene rings is 9. The fourth-order valence-corrected chi connectivity index (χ4v) is 8.72. The molecule has 9 aromatic carbocycles. The number of fused-ring (bicyclic) bond motifs is 8. The Morgan fingerprint density at radius 3 is 1.64 bits per heavy atom. The molecule has 1 nitrogen and oxygen atoms in total. The highest BCUT2D eigenvalue weighted by atomic mass is 32.1. The van der Waals surface area contributed by atoms with Crippen molar-refractivity contribution in [1.82, 2.24) is 0 Å². The van der Waals surface area contributed by atoms with Crippen LogP contribution in [0.4, 0.5) is 17.1 Å². The number of thiophene rings is 1. The predicted octanol–water partition coefficient (Wildman–Crippen LogP) is 14.3. The molecular formula is C48H31NS. The molecular weight excluding hydrogens is 623 g/mol. The molecule has 50 heavy (non-hydrogen) atoms. The van der Waals surface area contributed by atoms with Gasteiger partial charge in [-0.15, -0.1) is 11.3 Å². The first-order valence-corrected chi connectivity index (χ1v) is 17.9. The largest absolute Gasteiger partial charge is 0.310 e. The number of hydrogen-bond donors (Lipinski definition) is 0. The van der Waals surface area contributed by atoms with Gasteiger partial charge >= 0.3 is 0 Å². The molecule has 0 aliphatic heterocycles. The lowest BCUT2D eigenvalue weighted by atomic mass is 9.93. The van der Waals surface area contributed by atoms with E-state index in [2.05, 4.69) is 193 Å². The standard InChI is InChI=1S/C48H31NS/c1-3-11-32(12-4-1)34-13-9-17-40(28-34)49(39-15-5-2-6-16-39)41-18-10-14-35(29-41)36-25-26-42-37(27-36)23-21-33-22-24-38-30-45-43-19-7-8-20-46(43)50-47(45)31-44(38)48(33)42/h1-31H. The maximum atomic E-state index is 2.42. The van der Waals surface area contributed by atoms with Crippen molar-refractivity contribution in [2.75, 3.05) is 4.90 Å². The molecule has 0 N–H and O–H groups in total. The smallest absolute Gasteiger partial charge is 0.0467 e. The molecule has 0 bridgehead atoms. The van der Waals surface area contributed by atoms with Crippen LogP contribution in [-0.2, 0) is 0 Å². The zero-order chi connectivity index (χ0) is 33.0. The Balaban J connectivity index is 1.10. The van der Waals surface area contributed by atoms with Crippen LogP contribution in [0.2, 0.25) is 0 Å². The number of hydrogen-bond acceptors (Lipinski definition) is 2. The lowest BCUT2D eigenvalue weighted by Gasteiger charge is -2.26. The van der Waals surface area contributed by atoms with Crippen LogP contribution in [0, 0.1) is 0 Å². The van der Waals surface area contributed by atoms with Gasteiger partial charge in [0.1, 0.15) is 0 Å². The van der Waals surface area contributed by atoms with E-state index in [-0.39, 0.29) is 0 Å². The first-order valence-electron chi connectivity index (χ1n) is 17.1. The van der Waals surface area contributed by atoms with E-state index in [0.29, 0.717) is 0 Å². The third-order valence-electron chi connectivity index (χ3n) is 9.98. The highest BCUT2D eigenvalue weighted by Crippen LogP contribution is 2.42. The fraction of sp³-hybridized carbons (Fsp3) is 0. The van der Waals surface area contributed by atoms with Crippen molar-refractivity contribution in [3.63, 3.8) is 0 Å². The highest BCUT2D eigenvalue weighted by molar-refractivity contribution is 7.25. The van der Waals surface area contributed by atoms with Gasteiger partial charge in [0.05, 0.1) is 0 Å². The van der Waals surface area contributed by atoms with Crippen LogP contribution in [0.25, 0.3) is 74.7 Å². The topological polar surface area (TPSA) is 3.24 Å². The molecule has 1 heterocycles. The van der Waals surface area contributed by atoms with E-state index in [1.165, 1.54) is 74.7 Å². The van der Waals surface area contributed by atoms with E-state index in [1.54, 1.807) is 0 Å². The molecule has 10 aromatic rings. The summed E-state index contributed by atoms with van der Waals surface area (Å²) in [6.45, 7) is 0. The van der Waals surface area contributed by atoms with Gasteiger partial charge in [0.15, 0.2) is 0 Å². The Kier molecular flexibility index (Phi) is 6.75. The van der Waals surface area contributed by atoms with Crippen LogP contribution in [0.15, 0.2) is 188 Å². The average Bonchev–Trinajstić information content (AvgIpc) is 3.55. The quantitative estimate of drug-likeness (QED) is 0.167. The third kappa shape index (κ3) is 4.84. The Bertz CT molecular complexity index is 2870. The molecule has 0 atom stereocenters. The Hall–Kier alpha value is -6.22. The second kappa shape index (κ2) is 11.7. The average molecular weight is 654 g/mol. The normalized spacial score (nSPS) is 11.6. The van der Waals surface area contributed by atoms with Gasteiger partial charge in [0.25, 0.3) is 0 Å². The van der Waals surface area contributed by atoms with Crippen LogP contribution in [0.3, 0.4) is 0 Å². The first-order chi connectivity index (χ1) is 24.8. The molecule has 0 aliphatic carbocycles. The van der Waals surface area contributed by atoms with Crippen LogP contribution < -0.4 is 4.90 Å². The Labute approximate surface area is 294 Å². The molecule has 2 heteroatoms. The van der Waals surface area contributed by atoms with Crippen LogP contribution in [0.5, 0.6) is 0 Å². The fourth-order valence-electron chi connectivity index (χ4n) is 7.59. The summed E-state index contributed by atoms with van der Waals surface area (Å²) in [7, 11) is 0. The molecule has 0 saturated carbocycles. The molecule has 0 saturated heterocycles. The maximum absolute atomic E-state index is 2.42. The number of rotatable bonds is 5. The van der Waals surface area contributed by atoms with E-state index in [4.69, 9.17) is 0 Å². The highest BCUT2D eigenvalue weighted by Gasteiger charge is 2.15. The van der Waals surface area contributed by atoms with Crippen LogP contribution in [-0.4, -0.2) is 0 Å². The van der Waals surface area contributed by atoms with E-state index in [1.807, 2.05) is 11.3 Å². The number of nitrogens with zero attached hydrogens (tertiary/aromatic N) is 1. The first kappa shape index (κ1) is 28.8. The molecule has 10 rings (SSSR count). The SMILES string of the molecule is c1ccc(-c2cccc(N(c3ccccc3)c3cccc(-c4ccc5c(ccc6ccc7cc8c(cc7c65)sc5ccccc58)c4)c3)c2)cc1. The van der Waals surface area contributed by atoms with Gasteiger partial charge in [-0.3, -0.25) is 0 Å². The predicted molar refractivity (Wildman–Crippen MR) is 217 cm³/mol. The molecule has 0 radical (unpaired) electrons. The van der Waals surface area contributed by atoms with Gasteiger partial charge in [0.2, 0.25) is 0 Å². The van der Waals surface area contributed by atoms with Gasteiger partial charge in [0, 0.05) is 37.2 Å². The van der Waals surface area contributed by atoms with Gasteiger partial charge in [-0.1, -0.05) is 127 Å². The lowest BCUT2D eigenvalue weighted by molar-refractivity contribution is 1.28. The summed E-state index contributed by atoms with van der Waals surface area (Å²) >= 11 is 1.89. The minimum Gasteiger partial charge on any atom is -0.310 e. The van der Waals surface area contributed by atoms with Gasteiger partial charge in [-0.2, -0.15) is 0 Å². The molecule has 0 aliphatic rings. The second-order valence-corrected chi connectivity index (χ2v) is 14.1. The van der Waals surface area contributed by atoms with Crippen molar-refractivity contribution < 1.29 is 0 Å². The van der Waals surface area contributed by atoms with Crippen molar-refractivity contribution in [3.05, 3.63) is 188 Å². The molecule has 0 fully saturated rings. The molecule has 0 spiro atoms. The van der Waals surface area contributed by atoms with E-state index < -0.39 is 0 Å².